The number of hydrogen-bond acceptors (Lipinski definition) is 0. The summed E-state index contributed by atoms with van der Waals surface area (Å²) < 4.78 is 3.49. The average molecular weight is 772 g/mol. The number of hydrogen-bond donors (Lipinski definition) is 0. The Morgan fingerprint density at radius 2 is 0.814 bits per heavy atom. The zero-order chi connectivity index (χ0) is 33.7. The standard InChI is InChI=1S/C31H57GeSi7.C3H9Si/c1-34(2,3)33(35(4,5)6)26-30(28-22-18-16-19-23-28)32-31(29-24-20-17-21-25-29)27-39(36(7,8)9,37(10,11)12)38(13,14)15;1-4(2)3/h16-27H,1-15H3;1-3H3/b30-26-,31-27?;. The molecule has 238 valence electrons. The smallest absolute Gasteiger partial charge is 0.0379 e. The third kappa shape index (κ3) is 11.7. The van der Waals surface area contributed by atoms with Gasteiger partial charge in [0.05, 0.1) is 0 Å². The summed E-state index contributed by atoms with van der Waals surface area (Å²) in [6.07, 6.45) is 0. The molecule has 9 heteroatoms. The van der Waals surface area contributed by atoms with E-state index in [0.717, 1.165) is 0 Å². The third-order valence-corrected chi connectivity index (χ3v) is 111. The molecule has 0 saturated heterocycles. The topological polar surface area (TPSA) is 0 Å². The van der Waals surface area contributed by atoms with Crippen molar-refractivity contribution in [1.82, 2.24) is 0 Å². The van der Waals surface area contributed by atoms with Crippen LogP contribution in [0, 0.1) is 0 Å². The molecule has 0 nitrogen and oxygen atoms in total. The molecule has 0 atom stereocenters. The molecule has 2 rings (SSSR count). The predicted molar refractivity (Wildman–Crippen MR) is 226 cm³/mol. The molecule has 0 bridgehead atoms. The van der Waals surface area contributed by atoms with E-state index in [2.05, 4.69) is 190 Å². The van der Waals surface area contributed by atoms with Crippen molar-refractivity contribution in [1.29, 1.82) is 0 Å². The second kappa shape index (κ2) is 15.9. The fourth-order valence-electron chi connectivity index (χ4n) is 7.71. The fraction of sp³-hybridized carbons (Fsp3) is 0.529. The maximum absolute atomic E-state index is 3.11. The summed E-state index contributed by atoms with van der Waals surface area (Å²) in [5.41, 5.74) is 9.07. The van der Waals surface area contributed by atoms with Crippen LogP contribution in [0.15, 0.2) is 72.1 Å². The molecule has 0 spiro atoms. The molecule has 0 unspecified atom stereocenters. The van der Waals surface area contributed by atoms with Gasteiger partial charge < -0.3 is 0 Å². The molecule has 0 aromatic heterocycles. The summed E-state index contributed by atoms with van der Waals surface area (Å²) in [4.78, 5) is 0. The van der Waals surface area contributed by atoms with Crippen LogP contribution in [0.1, 0.15) is 11.1 Å². The van der Waals surface area contributed by atoms with Crippen molar-refractivity contribution in [2.24, 2.45) is 0 Å². The first-order chi connectivity index (χ1) is 19.3. The monoisotopic (exact) mass is 772 g/mol. The van der Waals surface area contributed by atoms with E-state index in [4.69, 9.17) is 0 Å². The van der Waals surface area contributed by atoms with Crippen LogP contribution in [0.3, 0.4) is 0 Å². The summed E-state index contributed by atoms with van der Waals surface area (Å²) in [6.45, 7) is 45.7. The maximum Gasteiger partial charge on any atom is 0.0379 e. The van der Waals surface area contributed by atoms with E-state index < -0.39 is 67.8 Å². The van der Waals surface area contributed by atoms with Crippen LogP contribution < -0.4 is 0 Å². The molecule has 2 aromatic rings. The van der Waals surface area contributed by atoms with Gasteiger partial charge in [-0.2, -0.15) is 0 Å². The Morgan fingerprint density at radius 1 is 0.512 bits per heavy atom. The first-order valence-electron chi connectivity index (χ1n) is 16.2. The molecule has 0 amide bonds. The van der Waals surface area contributed by atoms with Gasteiger partial charge in [-0.1, -0.05) is 19.6 Å². The zero-order valence-electron chi connectivity index (χ0n) is 31.4. The van der Waals surface area contributed by atoms with E-state index in [9.17, 15) is 0 Å². The Morgan fingerprint density at radius 3 is 1.09 bits per heavy atom. The SMILES string of the molecule is C[Si](C)(C)[Si](/C=[C](\[Ge][C](=C[Si]([Si](C)(C)C)([Si](C)(C)C)[Si](C)(C)C)c1ccccc1)c1ccccc1)[Si](C)(C)C.C[Si](C)C. The normalized spacial score (nSPS) is 14.6. The van der Waals surface area contributed by atoms with Gasteiger partial charge in [-0.25, -0.2) is 0 Å². The van der Waals surface area contributed by atoms with Crippen molar-refractivity contribution < 1.29 is 0 Å². The van der Waals surface area contributed by atoms with Crippen LogP contribution >= 0.6 is 0 Å². The number of benzene rings is 2. The average Bonchev–Trinajstić information content (AvgIpc) is 2.80. The molecule has 0 fully saturated rings. The summed E-state index contributed by atoms with van der Waals surface area (Å²) in [5.74, 6) is 0. The zero-order valence-corrected chi connectivity index (χ0v) is 41.5. The van der Waals surface area contributed by atoms with Crippen LogP contribution in [0.5, 0.6) is 0 Å². The summed E-state index contributed by atoms with van der Waals surface area (Å²) in [7, 11) is -7.19. The van der Waals surface area contributed by atoms with Gasteiger partial charge in [0.15, 0.2) is 0 Å². The first-order valence-corrected chi connectivity index (χ1v) is 47.5. The minimum Gasteiger partial charge on any atom is -0.0715 e. The van der Waals surface area contributed by atoms with Crippen molar-refractivity contribution in [2.75, 3.05) is 0 Å². The molecule has 0 heterocycles. The van der Waals surface area contributed by atoms with Gasteiger partial charge in [0.25, 0.3) is 0 Å². The van der Waals surface area contributed by atoms with Gasteiger partial charge in [-0.05, 0) is 0 Å². The Bertz CT molecular complexity index is 1140. The van der Waals surface area contributed by atoms with Gasteiger partial charge in [0, 0.05) is 8.80 Å². The van der Waals surface area contributed by atoms with Crippen molar-refractivity contribution in [2.45, 2.75) is 118 Å². The van der Waals surface area contributed by atoms with Gasteiger partial charge in [0.1, 0.15) is 0 Å². The maximum atomic E-state index is 3.11. The van der Waals surface area contributed by atoms with E-state index in [1.54, 1.807) is 8.81 Å². The molecular formula is C34H66GeSi8. The Balaban J connectivity index is 0.00000217. The van der Waals surface area contributed by atoms with Gasteiger partial charge in [0.2, 0.25) is 0 Å². The molecule has 0 aliphatic carbocycles. The third-order valence-electron chi connectivity index (χ3n) is 8.25. The number of rotatable bonds is 11. The molecule has 0 aliphatic heterocycles. The Hall–Kier alpha value is 0.198. The minimum absolute atomic E-state index is 0.120. The molecule has 0 N–H and O–H groups in total. The van der Waals surface area contributed by atoms with Gasteiger partial charge in [-0.3, -0.25) is 0 Å². The van der Waals surface area contributed by atoms with Gasteiger partial charge >= 0.3 is 258 Å². The molecule has 0 aliphatic rings. The summed E-state index contributed by atoms with van der Waals surface area (Å²) in [5, 5.41) is 0. The van der Waals surface area contributed by atoms with Crippen molar-refractivity contribution in [3.8, 4) is 0 Å². The van der Waals surface area contributed by atoms with Crippen LogP contribution in [0.4, 0.5) is 0 Å². The van der Waals surface area contributed by atoms with E-state index in [-0.39, 0.29) is 8.80 Å². The van der Waals surface area contributed by atoms with Crippen molar-refractivity contribution in [3.63, 3.8) is 0 Å². The Kier molecular flexibility index (Phi) is 15.2. The second-order valence-electron chi connectivity index (χ2n) is 17.9. The van der Waals surface area contributed by atoms with Crippen LogP contribution in [-0.2, 0) is 0 Å². The molecule has 43 heavy (non-hydrogen) atoms. The largest absolute Gasteiger partial charge is 0.0715 e. The van der Waals surface area contributed by atoms with Crippen LogP contribution in [-0.4, -0.2) is 76.6 Å². The quantitative estimate of drug-likeness (QED) is 0.200. The molecule has 0 saturated carbocycles. The first kappa shape index (κ1) is 41.2. The molecule has 2 aromatic carbocycles. The van der Waals surface area contributed by atoms with Crippen molar-refractivity contribution >= 4 is 85.5 Å². The van der Waals surface area contributed by atoms with Gasteiger partial charge in [-0.15, -0.1) is 0 Å². The van der Waals surface area contributed by atoms with Crippen LogP contribution in [0.25, 0.3) is 8.81 Å². The van der Waals surface area contributed by atoms with E-state index >= 15 is 0 Å². The van der Waals surface area contributed by atoms with E-state index in [0.29, 0.717) is 0 Å². The molecular weight excluding hydrogens is 706 g/mol. The Labute approximate surface area is 284 Å². The summed E-state index contributed by atoms with van der Waals surface area (Å²) >= 11 is -0.501. The van der Waals surface area contributed by atoms with Crippen molar-refractivity contribution in [3.05, 3.63) is 83.2 Å². The second-order valence-corrected chi connectivity index (χ2v) is 88.1. The minimum atomic E-state index is -1.64. The van der Waals surface area contributed by atoms with Crippen LogP contribution in [0.2, 0.25) is 118 Å². The molecule has 4 radical (unpaired) electrons. The fourth-order valence-corrected chi connectivity index (χ4v) is 146. The predicted octanol–water partition coefficient (Wildman–Crippen LogP) is 11.2. The van der Waals surface area contributed by atoms with E-state index in [1.165, 1.54) is 11.1 Å². The van der Waals surface area contributed by atoms with E-state index in [1.807, 2.05) is 0 Å². The summed E-state index contributed by atoms with van der Waals surface area (Å²) in [6, 6.07) is 23.2.